The van der Waals surface area contributed by atoms with Crippen LogP contribution in [0.4, 0.5) is 8.78 Å². The number of halogens is 2. The Morgan fingerprint density at radius 3 is 2.28 bits per heavy atom. The Bertz CT molecular complexity index is 488. The third kappa shape index (κ3) is 8.50. The molecule has 1 heterocycles. The highest BCUT2D eigenvalue weighted by Gasteiger charge is 2.20. The Balaban J connectivity index is 2.18. The van der Waals surface area contributed by atoms with Gasteiger partial charge in [0.2, 0.25) is 0 Å². The number of H-pyrrole nitrogens is 1. The van der Waals surface area contributed by atoms with Crippen LogP contribution < -0.4 is 0 Å². The van der Waals surface area contributed by atoms with Crippen LogP contribution in [0.3, 0.4) is 0 Å². The molecule has 0 aliphatic carbocycles. The molecule has 0 aromatic carbocycles. The van der Waals surface area contributed by atoms with E-state index in [0.29, 0.717) is 6.42 Å². The zero-order valence-electron chi connectivity index (χ0n) is 15.7. The van der Waals surface area contributed by atoms with Gasteiger partial charge in [-0.15, -0.1) is 0 Å². The van der Waals surface area contributed by atoms with Crippen molar-refractivity contribution >= 4 is 5.97 Å². The lowest BCUT2D eigenvalue weighted by molar-refractivity contribution is 0.0514. The first-order chi connectivity index (χ1) is 12.1. The Kier molecular flexibility index (Phi) is 11.2. The Hall–Kier alpha value is -1.39. The maximum Gasteiger partial charge on any atom is 0.357 e. The fourth-order valence-corrected chi connectivity index (χ4v) is 2.96. The van der Waals surface area contributed by atoms with Crippen molar-refractivity contribution < 1.29 is 18.3 Å². The summed E-state index contributed by atoms with van der Waals surface area (Å²) in [6.07, 6.45) is 11.4. The summed E-state index contributed by atoms with van der Waals surface area (Å²) in [6.45, 7) is 4.05. The minimum absolute atomic E-state index is 0.00123. The van der Waals surface area contributed by atoms with Gasteiger partial charge in [0, 0.05) is 18.2 Å². The quantitative estimate of drug-likeness (QED) is 0.321. The highest BCUT2D eigenvalue weighted by molar-refractivity contribution is 5.88. The van der Waals surface area contributed by atoms with E-state index in [-0.39, 0.29) is 24.3 Å². The maximum atomic E-state index is 14.1. The topological polar surface area (TPSA) is 42.1 Å². The lowest BCUT2D eigenvalue weighted by Gasteiger charge is -2.07. The molecule has 1 rings (SSSR count). The molecule has 0 aliphatic heterocycles. The highest BCUT2D eigenvalue weighted by atomic mass is 19.1. The van der Waals surface area contributed by atoms with Crippen molar-refractivity contribution in [3.8, 4) is 0 Å². The van der Waals surface area contributed by atoms with Gasteiger partial charge in [-0.2, -0.15) is 0 Å². The number of carbonyl (C=O) groups is 1. The van der Waals surface area contributed by atoms with E-state index < -0.39 is 18.0 Å². The van der Waals surface area contributed by atoms with Crippen molar-refractivity contribution in [1.82, 2.24) is 4.98 Å². The number of esters is 1. The van der Waals surface area contributed by atoms with Crippen LogP contribution in [0.25, 0.3) is 0 Å². The standard InChI is InChI=1S/C20H33F2NO2/c1-3-5-6-7-8-9-10-11-12-13-17(21)14-16-15-23-19(18(16)22)20(24)25-4-2/h15,17,23H,3-14H2,1-2H3. The Morgan fingerprint density at radius 1 is 1.08 bits per heavy atom. The van der Waals surface area contributed by atoms with Crippen LogP contribution >= 0.6 is 0 Å². The van der Waals surface area contributed by atoms with Gasteiger partial charge in [0.1, 0.15) is 6.17 Å². The predicted molar refractivity (Wildman–Crippen MR) is 97.2 cm³/mol. The number of alkyl halides is 1. The second kappa shape index (κ2) is 12.9. The molecule has 1 aromatic rings. The molecule has 0 spiro atoms. The van der Waals surface area contributed by atoms with Gasteiger partial charge >= 0.3 is 5.97 Å². The number of ether oxygens (including phenoxy) is 1. The van der Waals surface area contributed by atoms with E-state index in [0.717, 1.165) is 19.3 Å². The minimum atomic E-state index is -1.08. The molecule has 0 saturated heterocycles. The first kappa shape index (κ1) is 21.7. The smallest absolute Gasteiger partial charge is 0.357 e. The molecule has 25 heavy (non-hydrogen) atoms. The average molecular weight is 357 g/mol. The summed E-state index contributed by atoms with van der Waals surface area (Å²) in [5.41, 5.74) is -0.00130. The third-order valence-electron chi connectivity index (χ3n) is 4.43. The first-order valence-corrected chi connectivity index (χ1v) is 9.77. The molecule has 1 atom stereocenters. The summed E-state index contributed by atoms with van der Waals surface area (Å²) in [7, 11) is 0. The molecule has 144 valence electrons. The molecular formula is C20H33F2NO2. The van der Waals surface area contributed by atoms with Gasteiger partial charge in [0.25, 0.3) is 0 Å². The zero-order chi connectivity index (χ0) is 18.5. The van der Waals surface area contributed by atoms with E-state index >= 15 is 0 Å². The van der Waals surface area contributed by atoms with Crippen LogP contribution in [-0.2, 0) is 11.2 Å². The van der Waals surface area contributed by atoms with Crippen LogP contribution in [0.5, 0.6) is 0 Å². The second-order valence-corrected chi connectivity index (χ2v) is 6.64. The van der Waals surface area contributed by atoms with Crippen LogP contribution in [-0.4, -0.2) is 23.7 Å². The zero-order valence-corrected chi connectivity index (χ0v) is 15.7. The summed E-state index contributed by atoms with van der Waals surface area (Å²) in [5.74, 6) is -1.42. The molecule has 5 heteroatoms. The largest absolute Gasteiger partial charge is 0.461 e. The second-order valence-electron chi connectivity index (χ2n) is 6.64. The normalized spacial score (nSPS) is 12.3. The van der Waals surface area contributed by atoms with Crippen molar-refractivity contribution in [3.05, 3.63) is 23.3 Å². The van der Waals surface area contributed by atoms with Crippen LogP contribution in [0.1, 0.15) is 94.1 Å². The Labute approximate surface area is 150 Å². The third-order valence-corrected chi connectivity index (χ3v) is 4.43. The van der Waals surface area contributed by atoms with Gasteiger partial charge in [0.05, 0.1) is 6.61 Å². The molecule has 0 fully saturated rings. The fraction of sp³-hybridized carbons (Fsp3) is 0.750. The summed E-state index contributed by atoms with van der Waals surface area (Å²) >= 11 is 0. The lowest BCUT2D eigenvalue weighted by atomic mass is 10.0. The van der Waals surface area contributed by atoms with Gasteiger partial charge in [0.15, 0.2) is 11.5 Å². The van der Waals surface area contributed by atoms with Gasteiger partial charge < -0.3 is 9.72 Å². The van der Waals surface area contributed by atoms with E-state index in [1.165, 1.54) is 44.7 Å². The van der Waals surface area contributed by atoms with E-state index in [4.69, 9.17) is 4.74 Å². The number of carbonyl (C=O) groups excluding carboxylic acids is 1. The molecule has 1 unspecified atom stereocenters. The summed E-state index contributed by atoms with van der Waals surface area (Å²) in [6, 6.07) is 0. The number of hydrogen-bond donors (Lipinski definition) is 1. The van der Waals surface area contributed by atoms with Gasteiger partial charge in [-0.05, 0) is 13.3 Å². The van der Waals surface area contributed by atoms with Crippen LogP contribution in [0.15, 0.2) is 6.20 Å². The first-order valence-electron chi connectivity index (χ1n) is 9.77. The molecule has 0 bridgehead atoms. The molecule has 0 amide bonds. The molecule has 1 N–H and O–H groups in total. The maximum absolute atomic E-state index is 14.1. The number of rotatable bonds is 14. The number of aromatic amines is 1. The van der Waals surface area contributed by atoms with E-state index in [1.807, 2.05) is 0 Å². The van der Waals surface area contributed by atoms with E-state index in [2.05, 4.69) is 11.9 Å². The summed E-state index contributed by atoms with van der Waals surface area (Å²) in [4.78, 5) is 14.1. The predicted octanol–water partition coefficient (Wildman–Crippen LogP) is 6.13. The van der Waals surface area contributed by atoms with Gasteiger partial charge in [-0.1, -0.05) is 64.7 Å². The van der Waals surface area contributed by atoms with Crippen molar-refractivity contribution in [2.24, 2.45) is 0 Å². The minimum Gasteiger partial charge on any atom is -0.461 e. The van der Waals surface area contributed by atoms with E-state index in [1.54, 1.807) is 6.92 Å². The lowest BCUT2D eigenvalue weighted by Crippen LogP contribution is -2.09. The highest BCUT2D eigenvalue weighted by Crippen LogP contribution is 2.19. The molecule has 1 aromatic heterocycles. The van der Waals surface area contributed by atoms with Crippen molar-refractivity contribution in [2.75, 3.05) is 6.61 Å². The molecule has 0 saturated carbocycles. The molecular weight excluding hydrogens is 324 g/mol. The van der Waals surface area contributed by atoms with Crippen molar-refractivity contribution in [1.29, 1.82) is 0 Å². The van der Waals surface area contributed by atoms with E-state index in [9.17, 15) is 13.6 Å². The van der Waals surface area contributed by atoms with Crippen molar-refractivity contribution in [2.45, 2.75) is 90.6 Å². The van der Waals surface area contributed by atoms with Gasteiger partial charge in [-0.3, -0.25) is 0 Å². The number of nitrogens with one attached hydrogen (secondary N) is 1. The van der Waals surface area contributed by atoms with Gasteiger partial charge in [-0.25, -0.2) is 13.6 Å². The molecule has 3 nitrogen and oxygen atoms in total. The number of hydrogen-bond acceptors (Lipinski definition) is 2. The molecule has 0 radical (unpaired) electrons. The van der Waals surface area contributed by atoms with Crippen LogP contribution in [0, 0.1) is 5.82 Å². The van der Waals surface area contributed by atoms with Crippen LogP contribution in [0.2, 0.25) is 0 Å². The SMILES string of the molecule is CCCCCCCCCCCC(F)Cc1c[nH]c(C(=O)OCC)c1F. The number of unbranched alkanes of at least 4 members (excludes halogenated alkanes) is 8. The average Bonchev–Trinajstić information content (AvgIpc) is 2.94. The van der Waals surface area contributed by atoms with Crippen molar-refractivity contribution in [3.63, 3.8) is 0 Å². The summed E-state index contributed by atoms with van der Waals surface area (Å²) < 4.78 is 32.9. The monoisotopic (exact) mass is 357 g/mol. The molecule has 0 aliphatic rings. The number of aromatic nitrogens is 1. The fourth-order valence-electron chi connectivity index (χ4n) is 2.96. The Morgan fingerprint density at radius 2 is 1.68 bits per heavy atom. The summed E-state index contributed by atoms with van der Waals surface area (Å²) in [5, 5.41) is 0.